The van der Waals surface area contributed by atoms with Crippen molar-refractivity contribution in [1.82, 2.24) is 4.57 Å². The number of fused-ring (bicyclic) bond motifs is 7. The van der Waals surface area contributed by atoms with E-state index in [1.54, 1.807) is 0 Å². The minimum Gasteiger partial charge on any atom is -0.456 e. The van der Waals surface area contributed by atoms with Gasteiger partial charge in [0.25, 0.3) is 0 Å². The number of benzene rings is 7. The van der Waals surface area contributed by atoms with Crippen LogP contribution in [0.1, 0.15) is 0 Å². The fourth-order valence-corrected chi connectivity index (χ4v) is 6.69. The number of hydrogen-bond acceptors (Lipinski definition) is 2. The highest BCUT2D eigenvalue weighted by molar-refractivity contribution is 6.22. The molecule has 2 heterocycles. The average molecular weight is 551 g/mol. The van der Waals surface area contributed by atoms with Crippen LogP contribution in [0.2, 0.25) is 0 Å². The van der Waals surface area contributed by atoms with E-state index in [4.69, 9.17) is 4.42 Å². The van der Waals surface area contributed by atoms with E-state index in [2.05, 4.69) is 161 Å². The topological polar surface area (TPSA) is 21.3 Å². The Morgan fingerprint density at radius 2 is 1.09 bits per heavy atom. The quantitative estimate of drug-likeness (QED) is 0.217. The summed E-state index contributed by atoms with van der Waals surface area (Å²) in [6.45, 7) is 0. The molecule has 0 amide bonds. The summed E-state index contributed by atoms with van der Waals surface area (Å²) in [5.41, 5.74) is 8.57. The maximum Gasteiger partial charge on any atom is 0.138 e. The van der Waals surface area contributed by atoms with Crippen LogP contribution in [0.25, 0.3) is 60.2 Å². The molecule has 0 aliphatic rings. The molecular formula is C40H26N2O. The number of furan rings is 1. The van der Waals surface area contributed by atoms with Gasteiger partial charge in [0.1, 0.15) is 11.2 Å². The van der Waals surface area contributed by atoms with Gasteiger partial charge in [0, 0.05) is 38.6 Å². The second-order valence-electron chi connectivity index (χ2n) is 11.0. The van der Waals surface area contributed by atoms with Crippen LogP contribution in [0.4, 0.5) is 17.1 Å². The lowest BCUT2D eigenvalue weighted by Gasteiger charge is -2.28. The molecule has 43 heavy (non-hydrogen) atoms. The number of para-hydroxylation sites is 4. The van der Waals surface area contributed by atoms with Crippen molar-refractivity contribution in [3.05, 3.63) is 158 Å². The van der Waals surface area contributed by atoms with Crippen molar-refractivity contribution in [3.63, 3.8) is 0 Å². The largest absolute Gasteiger partial charge is 0.456 e. The first-order valence-electron chi connectivity index (χ1n) is 14.6. The Labute approximate surface area is 248 Å². The summed E-state index contributed by atoms with van der Waals surface area (Å²) >= 11 is 0. The fraction of sp³-hybridized carbons (Fsp3) is 0. The Hall–Kier alpha value is -5.80. The molecule has 0 aliphatic heterocycles. The standard InChI is InChI=1S/C40H26N2O/c1-3-14-28(15-4-1)41(40-31-18-8-7-13-27(31)25-38-39(40)34-20-10-12-22-37(34)43-38)30-23-24-33-32-19-9-11-21-35(32)42(36(33)26-30)29-16-5-2-6-17-29/h1-26H. The van der Waals surface area contributed by atoms with Crippen LogP contribution < -0.4 is 4.90 Å². The molecule has 7 aromatic carbocycles. The zero-order valence-corrected chi connectivity index (χ0v) is 23.3. The van der Waals surface area contributed by atoms with Crippen LogP contribution in [-0.2, 0) is 0 Å². The zero-order chi connectivity index (χ0) is 28.3. The number of hydrogen-bond donors (Lipinski definition) is 0. The van der Waals surface area contributed by atoms with Crippen LogP contribution in [0.3, 0.4) is 0 Å². The molecule has 0 N–H and O–H groups in total. The van der Waals surface area contributed by atoms with E-state index in [9.17, 15) is 0 Å². The molecule has 3 nitrogen and oxygen atoms in total. The summed E-state index contributed by atoms with van der Waals surface area (Å²) in [5.74, 6) is 0. The first-order valence-corrected chi connectivity index (χ1v) is 14.6. The number of anilines is 3. The van der Waals surface area contributed by atoms with Gasteiger partial charge in [-0.15, -0.1) is 0 Å². The van der Waals surface area contributed by atoms with Gasteiger partial charge in [-0.1, -0.05) is 103 Å². The van der Waals surface area contributed by atoms with E-state index >= 15 is 0 Å². The van der Waals surface area contributed by atoms with Gasteiger partial charge in [0.05, 0.1) is 22.1 Å². The van der Waals surface area contributed by atoms with E-state index in [0.29, 0.717) is 0 Å². The second kappa shape index (κ2) is 9.37. The first-order chi connectivity index (χ1) is 21.3. The summed E-state index contributed by atoms with van der Waals surface area (Å²) in [4.78, 5) is 2.40. The average Bonchev–Trinajstić information content (AvgIpc) is 3.60. The monoisotopic (exact) mass is 550 g/mol. The summed E-state index contributed by atoms with van der Waals surface area (Å²) < 4.78 is 8.86. The predicted octanol–water partition coefficient (Wildman–Crippen LogP) is 11.3. The van der Waals surface area contributed by atoms with Crippen molar-refractivity contribution < 1.29 is 4.42 Å². The lowest BCUT2D eigenvalue weighted by atomic mass is 10.0. The Bertz CT molecular complexity index is 2450. The molecule has 0 saturated carbocycles. The molecular weight excluding hydrogens is 524 g/mol. The summed E-state index contributed by atoms with van der Waals surface area (Å²) in [6.07, 6.45) is 0. The van der Waals surface area contributed by atoms with E-state index in [1.807, 2.05) is 6.07 Å². The Morgan fingerprint density at radius 3 is 1.93 bits per heavy atom. The minimum absolute atomic E-state index is 0.885. The molecule has 2 aromatic heterocycles. The van der Waals surface area contributed by atoms with Crippen molar-refractivity contribution >= 4 is 71.6 Å². The van der Waals surface area contributed by atoms with Crippen molar-refractivity contribution in [2.75, 3.05) is 4.90 Å². The van der Waals surface area contributed by atoms with E-state index < -0.39 is 0 Å². The Balaban J connectivity index is 1.42. The molecule has 0 aliphatic carbocycles. The van der Waals surface area contributed by atoms with Crippen LogP contribution in [-0.4, -0.2) is 4.57 Å². The van der Waals surface area contributed by atoms with Crippen molar-refractivity contribution in [1.29, 1.82) is 0 Å². The van der Waals surface area contributed by atoms with Gasteiger partial charge in [-0.05, 0) is 60.0 Å². The molecule has 9 rings (SSSR count). The molecule has 0 fully saturated rings. The second-order valence-corrected chi connectivity index (χ2v) is 11.0. The lowest BCUT2D eigenvalue weighted by Crippen LogP contribution is -2.11. The smallest absolute Gasteiger partial charge is 0.138 e. The van der Waals surface area contributed by atoms with Gasteiger partial charge < -0.3 is 13.9 Å². The van der Waals surface area contributed by atoms with E-state index in [-0.39, 0.29) is 0 Å². The summed E-state index contributed by atoms with van der Waals surface area (Å²) in [7, 11) is 0. The predicted molar refractivity (Wildman–Crippen MR) is 180 cm³/mol. The SMILES string of the molecule is c1ccc(N(c2ccc3c4ccccc4n(-c4ccccc4)c3c2)c2c3ccccc3cc3oc4ccccc4c23)cc1. The van der Waals surface area contributed by atoms with Gasteiger partial charge in [-0.25, -0.2) is 0 Å². The van der Waals surface area contributed by atoms with Gasteiger partial charge in [0.2, 0.25) is 0 Å². The van der Waals surface area contributed by atoms with Gasteiger partial charge in [-0.2, -0.15) is 0 Å². The summed E-state index contributed by atoms with van der Waals surface area (Å²) in [6, 6.07) is 56.0. The van der Waals surface area contributed by atoms with Crippen LogP contribution in [0.15, 0.2) is 162 Å². The highest BCUT2D eigenvalue weighted by Gasteiger charge is 2.23. The van der Waals surface area contributed by atoms with Crippen LogP contribution >= 0.6 is 0 Å². The van der Waals surface area contributed by atoms with Crippen molar-refractivity contribution in [2.24, 2.45) is 0 Å². The van der Waals surface area contributed by atoms with Crippen molar-refractivity contribution in [3.8, 4) is 5.69 Å². The molecule has 0 spiro atoms. The number of nitrogens with zero attached hydrogens (tertiary/aromatic N) is 2. The summed E-state index contributed by atoms with van der Waals surface area (Å²) in [5, 5.41) is 7.01. The highest BCUT2D eigenvalue weighted by Crippen LogP contribution is 2.48. The fourth-order valence-electron chi connectivity index (χ4n) is 6.69. The van der Waals surface area contributed by atoms with E-state index in [1.165, 1.54) is 27.2 Å². The molecule has 9 aromatic rings. The van der Waals surface area contributed by atoms with Crippen molar-refractivity contribution in [2.45, 2.75) is 0 Å². The number of rotatable bonds is 4. The van der Waals surface area contributed by atoms with Gasteiger partial charge in [-0.3, -0.25) is 0 Å². The Kier molecular flexibility index (Phi) is 5.20. The first kappa shape index (κ1) is 23.9. The third-order valence-electron chi connectivity index (χ3n) is 8.53. The van der Waals surface area contributed by atoms with Gasteiger partial charge >= 0.3 is 0 Å². The number of aromatic nitrogens is 1. The molecule has 0 radical (unpaired) electrons. The molecule has 0 atom stereocenters. The van der Waals surface area contributed by atoms with Crippen LogP contribution in [0.5, 0.6) is 0 Å². The molecule has 0 unspecified atom stereocenters. The van der Waals surface area contributed by atoms with Crippen LogP contribution in [0, 0.1) is 0 Å². The molecule has 3 heteroatoms. The molecule has 0 bridgehead atoms. The third kappa shape index (κ3) is 3.62. The molecule has 0 saturated heterocycles. The Morgan fingerprint density at radius 1 is 0.442 bits per heavy atom. The molecule has 202 valence electrons. The lowest BCUT2D eigenvalue weighted by molar-refractivity contribution is 0.669. The zero-order valence-electron chi connectivity index (χ0n) is 23.3. The normalized spacial score (nSPS) is 11.7. The van der Waals surface area contributed by atoms with E-state index in [0.717, 1.165) is 50.1 Å². The maximum absolute atomic E-state index is 6.48. The minimum atomic E-state index is 0.885. The van der Waals surface area contributed by atoms with Gasteiger partial charge in [0.15, 0.2) is 0 Å². The maximum atomic E-state index is 6.48. The highest BCUT2D eigenvalue weighted by atomic mass is 16.3. The third-order valence-corrected chi connectivity index (χ3v) is 8.53.